The van der Waals surface area contributed by atoms with E-state index in [1.54, 1.807) is 48.2 Å². The maximum atomic E-state index is 11.9. The van der Waals surface area contributed by atoms with Gasteiger partial charge < -0.3 is 15.5 Å². The Morgan fingerprint density at radius 2 is 1.90 bits per heavy atom. The number of carbonyl (C=O) groups excluding carboxylic acids is 2. The first-order valence-corrected chi connectivity index (χ1v) is 7.28. The van der Waals surface area contributed by atoms with E-state index < -0.39 is 5.91 Å². The monoisotopic (exact) mass is 290 g/mol. The Bertz CT molecular complexity index is 620. The van der Waals surface area contributed by atoms with Gasteiger partial charge in [0, 0.05) is 11.3 Å². The molecule has 3 N–H and O–H groups in total. The minimum Gasteiger partial charge on any atom is -0.455 e. The third-order valence-corrected chi connectivity index (χ3v) is 3.17. The number of primary amides is 1. The second-order valence-corrected chi connectivity index (χ2v) is 4.96. The van der Waals surface area contributed by atoms with Gasteiger partial charge in [-0.1, -0.05) is 0 Å². The van der Waals surface area contributed by atoms with Crippen LogP contribution in [0.3, 0.4) is 0 Å². The van der Waals surface area contributed by atoms with Gasteiger partial charge in [-0.15, -0.1) is 0 Å². The van der Waals surface area contributed by atoms with E-state index in [0.717, 1.165) is 11.5 Å². The Balaban J connectivity index is 2.04. The zero-order chi connectivity index (χ0) is 14.5. The predicted octanol–water partition coefficient (Wildman–Crippen LogP) is 2.49. The van der Waals surface area contributed by atoms with Crippen molar-refractivity contribution >= 4 is 29.3 Å². The number of furan rings is 1. The Hall–Kier alpha value is -2.21. The van der Waals surface area contributed by atoms with Crippen molar-refractivity contribution in [2.45, 2.75) is 5.75 Å². The maximum absolute atomic E-state index is 11.9. The van der Waals surface area contributed by atoms with Crippen molar-refractivity contribution in [3.63, 3.8) is 0 Å². The molecule has 1 aromatic heterocycles. The van der Waals surface area contributed by atoms with Gasteiger partial charge >= 0.3 is 0 Å². The molecule has 0 atom stereocenters. The van der Waals surface area contributed by atoms with Crippen molar-refractivity contribution < 1.29 is 14.0 Å². The van der Waals surface area contributed by atoms with E-state index in [0.29, 0.717) is 11.3 Å². The number of benzene rings is 1. The van der Waals surface area contributed by atoms with Crippen molar-refractivity contribution in [1.82, 2.24) is 0 Å². The Morgan fingerprint density at radius 3 is 2.50 bits per heavy atom. The lowest BCUT2D eigenvalue weighted by molar-refractivity contribution is 0.0990. The Labute approximate surface area is 120 Å². The minimum absolute atomic E-state index is 0.257. The summed E-state index contributed by atoms with van der Waals surface area (Å²) in [6.45, 7) is 0. The third-order valence-electron chi connectivity index (χ3n) is 2.60. The summed E-state index contributed by atoms with van der Waals surface area (Å²) in [6.07, 6.45) is 1.96. The normalized spacial score (nSPS) is 10.2. The molecule has 0 spiro atoms. The number of carbonyl (C=O) groups is 2. The number of rotatable bonds is 5. The SMILES string of the molecule is CSCc1ccc(C(=O)Nc2ccc(C(N)=O)cc2)o1. The van der Waals surface area contributed by atoms with E-state index in [9.17, 15) is 9.59 Å². The molecule has 2 amide bonds. The van der Waals surface area contributed by atoms with Crippen molar-refractivity contribution in [3.8, 4) is 0 Å². The zero-order valence-corrected chi connectivity index (χ0v) is 11.7. The van der Waals surface area contributed by atoms with Crippen LogP contribution in [-0.2, 0) is 5.75 Å². The summed E-state index contributed by atoms with van der Waals surface area (Å²) < 4.78 is 5.41. The van der Waals surface area contributed by atoms with Crippen LogP contribution in [-0.4, -0.2) is 18.1 Å². The van der Waals surface area contributed by atoms with Crippen molar-refractivity contribution in [2.24, 2.45) is 5.73 Å². The molecule has 0 aliphatic rings. The summed E-state index contributed by atoms with van der Waals surface area (Å²) in [7, 11) is 0. The highest BCUT2D eigenvalue weighted by Crippen LogP contribution is 2.16. The average Bonchev–Trinajstić information content (AvgIpc) is 2.88. The topological polar surface area (TPSA) is 85.3 Å². The standard InChI is InChI=1S/C14H14N2O3S/c1-20-8-11-6-7-12(19-11)14(18)16-10-4-2-9(3-5-10)13(15)17/h2-7H,8H2,1H3,(H2,15,17)(H,16,18). The lowest BCUT2D eigenvalue weighted by atomic mass is 10.2. The van der Waals surface area contributed by atoms with E-state index >= 15 is 0 Å². The summed E-state index contributed by atoms with van der Waals surface area (Å²) >= 11 is 1.62. The summed E-state index contributed by atoms with van der Waals surface area (Å²) in [5, 5.41) is 2.69. The van der Waals surface area contributed by atoms with Gasteiger partial charge in [-0.3, -0.25) is 9.59 Å². The summed E-state index contributed by atoms with van der Waals surface area (Å²) in [6, 6.07) is 9.76. The smallest absolute Gasteiger partial charge is 0.291 e. The molecule has 0 aliphatic carbocycles. The molecule has 2 rings (SSSR count). The summed E-state index contributed by atoms with van der Waals surface area (Å²) in [5.74, 6) is 0.903. The van der Waals surface area contributed by atoms with Crippen LogP contribution in [0.25, 0.3) is 0 Å². The molecule has 104 valence electrons. The van der Waals surface area contributed by atoms with Crippen LogP contribution in [0.5, 0.6) is 0 Å². The van der Waals surface area contributed by atoms with Gasteiger partial charge in [-0.2, -0.15) is 11.8 Å². The summed E-state index contributed by atoms with van der Waals surface area (Å²) in [4.78, 5) is 22.9. The molecule has 1 aromatic carbocycles. The van der Waals surface area contributed by atoms with Crippen LogP contribution < -0.4 is 11.1 Å². The zero-order valence-electron chi connectivity index (χ0n) is 10.9. The van der Waals surface area contributed by atoms with Gasteiger partial charge in [0.2, 0.25) is 5.91 Å². The molecule has 0 fully saturated rings. The lowest BCUT2D eigenvalue weighted by Gasteiger charge is -2.03. The van der Waals surface area contributed by atoms with Crippen LogP contribution in [0.4, 0.5) is 5.69 Å². The molecular weight excluding hydrogens is 276 g/mol. The molecule has 5 nitrogen and oxygen atoms in total. The van der Waals surface area contributed by atoms with Gasteiger partial charge in [0.05, 0.1) is 5.75 Å². The fourth-order valence-corrected chi connectivity index (χ4v) is 2.07. The van der Waals surface area contributed by atoms with Crippen molar-refractivity contribution in [1.29, 1.82) is 0 Å². The number of hydrogen-bond acceptors (Lipinski definition) is 4. The third kappa shape index (κ3) is 3.42. The van der Waals surface area contributed by atoms with Crippen molar-refractivity contribution in [3.05, 3.63) is 53.5 Å². The van der Waals surface area contributed by atoms with Crippen LogP contribution in [0.2, 0.25) is 0 Å². The van der Waals surface area contributed by atoms with Gasteiger partial charge in [0.15, 0.2) is 5.76 Å². The van der Waals surface area contributed by atoms with Gasteiger partial charge in [0.1, 0.15) is 5.76 Å². The molecule has 0 saturated heterocycles. The van der Waals surface area contributed by atoms with Gasteiger partial charge in [-0.25, -0.2) is 0 Å². The molecule has 20 heavy (non-hydrogen) atoms. The largest absolute Gasteiger partial charge is 0.455 e. The fraction of sp³-hybridized carbons (Fsp3) is 0.143. The molecule has 0 radical (unpaired) electrons. The molecule has 0 unspecified atom stereocenters. The van der Waals surface area contributed by atoms with Crippen molar-refractivity contribution in [2.75, 3.05) is 11.6 Å². The highest BCUT2D eigenvalue weighted by molar-refractivity contribution is 7.97. The number of amides is 2. The molecule has 1 heterocycles. The highest BCUT2D eigenvalue weighted by atomic mass is 32.2. The number of nitrogens with one attached hydrogen (secondary N) is 1. The van der Waals surface area contributed by atoms with Crippen LogP contribution >= 0.6 is 11.8 Å². The van der Waals surface area contributed by atoms with E-state index in [4.69, 9.17) is 10.2 Å². The van der Waals surface area contributed by atoms with E-state index in [-0.39, 0.29) is 11.7 Å². The second-order valence-electron chi connectivity index (χ2n) is 4.09. The van der Waals surface area contributed by atoms with Crippen LogP contribution in [0.1, 0.15) is 26.7 Å². The first-order chi connectivity index (χ1) is 9.60. The number of thioether (sulfide) groups is 1. The first-order valence-electron chi connectivity index (χ1n) is 5.89. The quantitative estimate of drug-likeness (QED) is 0.886. The van der Waals surface area contributed by atoms with E-state index in [2.05, 4.69) is 5.32 Å². The van der Waals surface area contributed by atoms with E-state index in [1.165, 1.54) is 0 Å². The van der Waals surface area contributed by atoms with Crippen LogP contribution in [0, 0.1) is 0 Å². The molecule has 2 aromatic rings. The maximum Gasteiger partial charge on any atom is 0.291 e. The molecule has 0 saturated carbocycles. The second kappa shape index (κ2) is 6.29. The van der Waals surface area contributed by atoms with Gasteiger partial charge in [0.25, 0.3) is 5.91 Å². The lowest BCUT2D eigenvalue weighted by Crippen LogP contribution is -2.12. The molecule has 6 heteroatoms. The Morgan fingerprint density at radius 1 is 1.20 bits per heavy atom. The number of hydrogen-bond donors (Lipinski definition) is 2. The Kier molecular flexibility index (Phi) is 4.47. The first kappa shape index (κ1) is 14.2. The van der Waals surface area contributed by atoms with E-state index in [1.807, 2.05) is 6.26 Å². The fourth-order valence-electron chi connectivity index (χ4n) is 1.63. The average molecular weight is 290 g/mol. The number of nitrogens with two attached hydrogens (primary N) is 1. The highest BCUT2D eigenvalue weighted by Gasteiger charge is 2.11. The molecule has 0 bridgehead atoms. The molecular formula is C14H14N2O3S. The molecule has 0 aliphatic heterocycles. The number of anilines is 1. The van der Waals surface area contributed by atoms with Gasteiger partial charge in [-0.05, 0) is 42.7 Å². The summed E-state index contributed by atoms with van der Waals surface area (Å²) in [5.41, 5.74) is 6.11. The van der Waals surface area contributed by atoms with Crippen LogP contribution in [0.15, 0.2) is 40.8 Å². The predicted molar refractivity (Wildman–Crippen MR) is 78.8 cm³/mol. The minimum atomic E-state index is -0.504.